The Labute approximate surface area is 175 Å². The second-order valence-electron chi connectivity index (χ2n) is 6.05. The highest BCUT2D eigenvalue weighted by Crippen LogP contribution is 2.37. The third kappa shape index (κ3) is 4.09. The van der Waals surface area contributed by atoms with E-state index in [0.717, 1.165) is 43.6 Å². The van der Waals surface area contributed by atoms with Gasteiger partial charge in [-0.05, 0) is 42.7 Å². The molecular formula is C20H19BrN2O4S. The lowest BCUT2D eigenvalue weighted by molar-refractivity contribution is 0.0601. The summed E-state index contributed by atoms with van der Waals surface area (Å²) in [5, 5.41) is 15.0. The Balaban J connectivity index is 2.03. The van der Waals surface area contributed by atoms with Gasteiger partial charge in [0.05, 0.1) is 12.7 Å². The number of rotatable bonds is 6. The molecule has 0 radical (unpaired) electrons. The van der Waals surface area contributed by atoms with E-state index >= 15 is 0 Å². The monoisotopic (exact) mass is 462 g/mol. The molecule has 0 saturated heterocycles. The van der Waals surface area contributed by atoms with Gasteiger partial charge in [0.25, 0.3) is 0 Å². The number of carbonyl (C=O) groups excluding carboxylic acids is 1. The van der Waals surface area contributed by atoms with E-state index in [1.54, 1.807) is 13.0 Å². The second-order valence-corrected chi connectivity index (χ2v) is 7.58. The quantitative estimate of drug-likeness (QED) is 0.223. The molecule has 3 aromatic rings. The van der Waals surface area contributed by atoms with E-state index in [2.05, 4.69) is 21.1 Å². The highest BCUT2D eigenvalue weighted by atomic mass is 79.9. The van der Waals surface area contributed by atoms with Gasteiger partial charge >= 0.3 is 5.97 Å². The van der Waals surface area contributed by atoms with Gasteiger partial charge in [-0.25, -0.2) is 4.79 Å². The number of aryl methyl sites for hydroxylation is 1. The third-order valence-corrected chi connectivity index (χ3v) is 5.87. The molecule has 0 saturated carbocycles. The smallest absolute Gasteiger partial charge is 0.338 e. The fourth-order valence-corrected chi connectivity index (χ4v) is 3.89. The maximum absolute atomic E-state index is 12.4. The average Bonchev–Trinajstić information content (AvgIpc) is 3.06. The largest absolute Gasteiger partial charge is 0.465 e. The molecule has 3 rings (SSSR count). The highest BCUT2D eigenvalue weighted by Gasteiger charge is 2.20. The molecule has 0 fully saturated rings. The van der Waals surface area contributed by atoms with E-state index in [1.165, 1.54) is 7.11 Å². The molecule has 2 aromatic carbocycles. The number of alkyl halides is 1. The summed E-state index contributed by atoms with van der Waals surface area (Å²) >= 11 is 4.50. The first-order chi connectivity index (χ1) is 13.5. The predicted molar refractivity (Wildman–Crippen MR) is 112 cm³/mol. The number of nitrogens with zero attached hydrogens (tertiary/aromatic N) is 2. The summed E-state index contributed by atoms with van der Waals surface area (Å²) < 4.78 is 11.1. The standard InChI is InChI=1S/C20H19BrN2O4S/c1-12-13(2)27-22-19(12)23(25)28-18-7-5-4-6-16(18)15-9-8-14(11-21)10-17(15)20(24)26-3/h4-10,25H,11H2,1-3H3. The number of hydrogen-bond acceptors (Lipinski definition) is 7. The summed E-state index contributed by atoms with van der Waals surface area (Å²) in [6.45, 7) is 3.61. The molecule has 0 spiro atoms. The van der Waals surface area contributed by atoms with Crippen LogP contribution in [0, 0.1) is 13.8 Å². The number of aromatic nitrogens is 1. The maximum atomic E-state index is 12.4. The first kappa shape index (κ1) is 20.4. The zero-order valence-corrected chi connectivity index (χ0v) is 18.0. The van der Waals surface area contributed by atoms with Crippen LogP contribution in [0.15, 0.2) is 51.9 Å². The molecule has 0 aliphatic rings. The molecule has 0 amide bonds. The van der Waals surface area contributed by atoms with Crippen LogP contribution in [0.25, 0.3) is 11.1 Å². The van der Waals surface area contributed by atoms with E-state index in [4.69, 9.17) is 9.26 Å². The second kappa shape index (κ2) is 8.81. The van der Waals surface area contributed by atoms with Crippen molar-refractivity contribution in [2.45, 2.75) is 24.1 Å². The molecule has 0 aliphatic carbocycles. The lowest BCUT2D eigenvalue weighted by Crippen LogP contribution is -2.10. The molecule has 0 atom stereocenters. The zero-order valence-electron chi connectivity index (χ0n) is 15.6. The molecule has 0 bridgehead atoms. The summed E-state index contributed by atoms with van der Waals surface area (Å²) in [6, 6.07) is 13.1. The molecule has 1 heterocycles. The minimum absolute atomic E-state index is 0.333. The Hall–Kier alpha value is -2.29. The number of benzene rings is 2. The predicted octanol–water partition coefficient (Wildman–Crippen LogP) is 5.54. The van der Waals surface area contributed by atoms with Gasteiger partial charge in [0.15, 0.2) is 0 Å². The number of halogens is 1. The van der Waals surface area contributed by atoms with Crippen molar-refractivity contribution in [2.24, 2.45) is 0 Å². The van der Waals surface area contributed by atoms with Gasteiger partial charge in [-0.2, -0.15) is 4.47 Å². The topological polar surface area (TPSA) is 75.8 Å². The van der Waals surface area contributed by atoms with Crippen LogP contribution in [-0.2, 0) is 10.1 Å². The summed E-state index contributed by atoms with van der Waals surface area (Å²) in [4.78, 5) is 13.1. The Morgan fingerprint density at radius 3 is 2.64 bits per heavy atom. The van der Waals surface area contributed by atoms with Gasteiger partial charge in [0.1, 0.15) is 5.76 Å². The van der Waals surface area contributed by atoms with Gasteiger partial charge in [0.2, 0.25) is 5.82 Å². The third-order valence-electron chi connectivity index (χ3n) is 4.32. The van der Waals surface area contributed by atoms with Gasteiger partial charge in [-0.15, -0.1) is 0 Å². The van der Waals surface area contributed by atoms with Crippen molar-refractivity contribution < 1.29 is 19.3 Å². The normalized spacial score (nSPS) is 10.8. The number of esters is 1. The van der Waals surface area contributed by atoms with Crippen molar-refractivity contribution in [2.75, 3.05) is 11.6 Å². The van der Waals surface area contributed by atoms with Crippen LogP contribution in [0.3, 0.4) is 0 Å². The summed E-state index contributed by atoms with van der Waals surface area (Å²) in [7, 11) is 1.36. The number of hydrogen-bond donors (Lipinski definition) is 1. The van der Waals surface area contributed by atoms with E-state index in [-0.39, 0.29) is 0 Å². The maximum Gasteiger partial charge on any atom is 0.338 e. The van der Waals surface area contributed by atoms with Gasteiger partial charge in [-0.3, -0.25) is 5.21 Å². The van der Waals surface area contributed by atoms with Gasteiger partial charge in [-0.1, -0.05) is 51.4 Å². The molecule has 28 heavy (non-hydrogen) atoms. The summed E-state index contributed by atoms with van der Waals surface area (Å²) in [5.74, 6) is 0.558. The van der Waals surface area contributed by atoms with Crippen molar-refractivity contribution in [3.05, 3.63) is 64.9 Å². The minimum Gasteiger partial charge on any atom is -0.465 e. The fraction of sp³-hybridized carbons (Fsp3) is 0.200. The molecular weight excluding hydrogens is 444 g/mol. The van der Waals surface area contributed by atoms with Crippen molar-refractivity contribution in [1.82, 2.24) is 5.16 Å². The Morgan fingerprint density at radius 1 is 1.25 bits per heavy atom. The molecule has 0 aliphatic heterocycles. The van der Waals surface area contributed by atoms with Crippen LogP contribution in [0.4, 0.5) is 5.82 Å². The Bertz CT molecular complexity index is 1010. The van der Waals surface area contributed by atoms with Crippen molar-refractivity contribution in [3.63, 3.8) is 0 Å². The summed E-state index contributed by atoms with van der Waals surface area (Å²) in [5.41, 5.74) is 3.70. The van der Waals surface area contributed by atoms with Crippen LogP contribution in [-0.4, -0.2) is 23.4 Å². The van der Waals surface area contributed by atoms with E-state index in [1.807, 2.05) is 43.3 Å². The number of carbonyl (C=O) groups is 1. The average molecular weight is 463 g/mol. The van der Waals surface area contributed by atoms with Gasteiger partial charge < -0.3 is 9.26 Å². The van der Waals surface area contributed by atoms with Gasteiger partial charge in [0, 0.05) is 27.7 Å². The Morgan fingerprint density at radius 2 is 2.00 bits per heavy atom. The lowest BCUT2D eigenvalue weighted by Gasteiger charge is -2.17. The Kier molecular flexibility index (Phi) is 6.43. The van der Waals surface area contributed by atoms with E-state index in [0.29, 0.717) is 22.5 Å². The van der Waals surface area contributed by atoms with Crippen LogP contribution in [0.2, 0.25) is 0 Å². The number of methoxy groups -OCH3 is 1. The van der Waals surface area contributed by atoms with E-state index in [9.17, 15) is 10.0 Å². The minimum atomic E-state index is -0.415. The van der Waals surface area contributed by atoms with Crippen molar-refractivity contribution in [1.29, 1.82) is 0 Å². The molecule has 0 unspecified atom stereocenters. The lowest BCUT2D eigenvalue weighted by atomic mass is 9.98. The van der Waals surface area contributed by atoms with Crippen LogP contribution in [0.5, 0.6) is 0 Å². The fourth-order valence-electron chi connectivity index (χ4n) is 2.68. The molecule has 6 nitrogen and oxygen atoms in total. The van der Waals surface area contributed by atoms with Crippen LogP contribution in [0.1, 0.15) is 27.2 Å². The number of ether oxygens (including phenoxy) is 1. The van der Waals surface area contributed by atoms with Crippen LogP contribution >= 0.6 is 27.9 Å². The summed E-state index contributed by atoms with van der Waals surface area (Å²) in [6.07, 6.45) is 0. The first-order valence-electron chi connectivity index (χ1n) is 8.42. The first-order valence-corrected chi connectivity index (χ1v) is 10.3. The molecule has 8 heteroatoms. The van der Waals surface area contributed by atoms with E-state index < -0.39 is 5.97 Å². The highest BCUT2D eigenvalue weighted by molar-refractivity contribution is 9.08. The van der Waals surface area contributed by atoms with Crippen molar-refractivity contribution >= 4 is 39.7 Å². The number of anilines is 1. The van der Waals surface area contributed by atoms with Crippen LogP contribution < -0.4 is 4.47 Å². The molecule has 146 valence electrons. The zero-order chi connectivity index (χ0) is 20.3. The molecule has 1 N–H and O–H groups in total. The van der Waals surface area contributed by atoms with Crippen molar-refractivity contribution in [3.8, 4) is 11.1 Å². The SMILES string of the molecule is COC(=O)c1cc(CBr)ccc1-c1ccccc1SN(O)c1noc(C)c1C. The molecule has 1 aromatic heterocycles.